The van der Waals surface area contributed by atoms with E-state index in [1.54, 1.807) is 7.11 Å². The first-order valence-electron chi connectivity index (χ1n) is 7.07. The monoisotopic (exact) mass is 276 g/mol. The molecule has 20 heavy (non-hydrogen) atoms. The maximum atomic E-state index is 8.71. The highest BCUT2D eigenvalue weighted by atomic mass is 16.5. The van der Waals surface area contributed by atoms with Gasteiger partial charge in [0.25, 0.3) is 0 Å². The Balaban J connectivity index is 2.59. The third-order valence-corrected chi connectivity index (χ3v) is 2.93. The SMILES string of the molecule is CCCNc1ccnc(CN(CCC#N)CCOC)c1. The fourth-order valence-corrected chi connectivity index (χ4v) is 1.87. The van der Waals surface area contributed by atoms with Gasteiger partial charge in [-0.05, 0) is 18.6 Å². The van der Waals surface area contributed by atoms with Crippen LogP contribution in [0.2, 0.25) is 0 Å². The molecule has 0 radical (unpaired) electrons. The summed E-state index contributed by atoms with van der Waals surface area (Å²) in [5, 5.41) is 12.1. The summed E-state index contributed by atoms with van der Waals surface area (Å²) < 4.78 is 5.11. The lowest BCUT2D eigenvalue weighted by molar-refractivity contribution is 0.144. The molecule has 0 aromatic carbocycles. The largest absolute Gasteiger partial charge is 0.385 e. The van der Waals surface area contributed by atoms with Gasteiger partial charge in [-0.2, -0.15) is 5.26 Å². The predicted octanol–water partition coefficient (Wildman–Crippen LogP) is 2.27. The van der Waals surface area contributed by atoms with E-state index in [2.05, 4.69) is 34.3 Å². The summed E-state index contributed by atoms with van der Waals surface area (Å²) in [6, 6.07) is 6.24. The molecule has 0 saturated carbocycles. The maximum absolute atomic E-state index is 8.71. The van der Waals surface area contributed by atoms with Crippen molar-refractivity contribution >= 4 is 5.69 Å². The van der Waals surface area contributed by atoms with Crippen molar-refractivity contribution < 1.29 is 4.74 Å². The molecule has 5 nitrogen and oxygen atoms in total. The number of pyridine rings is 1. The van der Waals surface area contributed by atoms with Crippen molar-refractivity contribution in [2.45, 2.75) is 26.3 Å². The highest BCUT2D eigenvalue weighted by Crippen LogP contribution is 2.10. The van der Waals surface area contributed by atoms with Crippen LogP contribution in [0, 0.1) is 11.3 Å². The van der Waals surface area contributed by atoms with Gasteiger partial charge in [-0.25, -0.2) is 0 Å². The summed E-state index contributed by atoms with van der Waals surface area (Å²) in [6.07, 6.45) is 3.45. The van der Waals surface area contributed by atoms with Crippen molar-refractivity contribution in [3.8, 4) is 6.07 Å². The van der Waals surface area contributed by atoms with Crippen LogP contribution in [0.15, 0.2) is 18.3 Å². The number of nitrogens with zero attached hydrogens (tertiary/aromatic N) is 3. The molecule has 0 saturated heterocycles. The molecule has 0 fully saturated rings. The molecular weight excluding hydrogens is 252 g/mol. The number of hydrogen-bond donors (Lipinski definition) is 1. The Labute approximate surface area is 121 Å². The van der Waals surface area contributed by atoms with Gasteiger partial charge in [-0.3, -0.25) is 9.88 Å². The number of aromatic nitrogens is 1. The molecule has 0 atom stereocenters. The van der Waals surface area contributed by atoms with Gasteiger partial charge >= 0.3 is 0 Å². The average Bonchev–Trinajstić information content (AvgIpc) is 2.48. The van der Waals surface area contributed by atoms with Crippen LogP contribution in [-0.2, 0) is 11.3 Å². The van der Waals surface area contributed by atoms with Gasteiger partial charge < -0.3 is 10.1 Å². The second-order valence-electron chi connectivity index (χ2n) is 4.64. The molecule has 1 rings (SSSR count). The first-order valence-corrected chi connectivity index (χ1v) is 7.07. The van der Waals surface area contributed by atoms with Crippen LogP contribution in [0.25, 0.3) is 0 Å². The second kappa shape index (κ2) is 10.2. The molecule has 0 bridgehead atoms. The van der Waals surface area contributed by atoms with Gasteiger partial charge in [0.15, 0.2) is 0 Å². The van der Waals surface area contributed by atoms with Gasteiger partial charge in [0.1, 0.15) is 0 Å². The number of nitrogens with one attached hydrogen (secondary N) is 1. The van der Waals surface area contributed by atoms with Crippen LogP contribution in [0.1, 0.15) is 25.5 Å². The minimum absolute atomic E-state index is 0.525. The van der Waals surface area contributed by atoms with E-state index in [1.165, 1.54) is 0 Å². The molecule has 0 aliphatic heterocycles. The standard InChI is InChI=1S/C15H24N4O/c1-3-7-17-14-5-8-18-15(12-14)13-19(9-4-6-16)10-11-20-2/h5,8,12H,3-4,7,9-11,13H2,1-2H3,(H,17,18). The fraction of sp³-hybridized carbons (Fsp3) is 0.600. The lowest BCUT2D eigenvalue weighted by atomic mass is 10.2. The lowest BCUT2D eigenvalue weighted by Crippen LogP contribution is -2.28. The Morgan fingerprint density at radius 3 is 3.00 bits per heavy atom. The van der Waals surface area contributed by atoms with Gasteiger partial charge in [-0.1, -0.05) is 6.92 Å². The lowest BCUT2D eigenvalue weighted by Gasteiger charge is -2.20. The second-order valence-corrected chi connectivity index (χ2v) is 4.64. The van der Waals surface area contributed by atoms with Crippen LogP contribution < -0.4 is 5.32 Å². The quantitative estimate of drug-likeness (QED) is 0.710. The Hall–Kier alpha value is -1.64. The number of methoxy groups -OCH3 is 1. The molecule has 0 spiro atoms. The van der Waals surface area contributed by atoms with Gasteiger partial charge in [0, 0.05) is 51.6 Å². The molecule has 1 N–H and O–H groups in total. The normalized spacial score (nSPS) is 10.5. The Morgan fingerprint density at radius 2 is 2.30 bits per heavy atom. The van der Waals surface area contributed by atoms with Crippen LogP contribution in [-0.4, -0.2) is 43.2 Å². The smallest absolute Gasteiger partial charge is 0.0635 e. The molecule has 1 aromatic rings. The zero-order chi connectivity index (χ0) is 14.6. The number of anilines is 1. The van der Waals surface area contributed by atoms with Crippen molar-refractivity contribution in [3.05, 3.63) is 24.0 Å². The van der Waals surface area contributed by atoms with E-state index < -0.39 is 0 Å². The van der Waals surface area contributed by atoms with Crippen molar-refractivity contribution in [2.24, 2.45) is 0 Å². The van der Waals surface area contributed by atoms with E-state index in [-0.39, 0.29) is 0 Å². The zero-order valence-electron chi connectivity index (χ0n) is 12.4. The number of rotatable bonds is 10. The summed E-state index contributed by atoms with van der Waals surface area (Å²) in [7, 11) is 1.69. The summed E-state index contributed by atoms with van der Waals surface area (Å²) in [5.41, 5.74) is 2.11. The molecule has 0 aliphatic rings. The van der Waals surface area contributed by atoms with Crippen LogP contribution in [0.5, 0.6) is 0 Å². The van der Waals surface area contributed by atoms with E-state index in [0.717, 1.165) is 44.0 Å². The minimum atomic E-state index is 0.525. The van der Waals surface area contributed by atoms with Crippen LogP contribution >= 0.6 is 0 Å². The summed E-state index contributed by atoms with van der Waals surface area (Å²) >= 11 is 0. The fourth-order valence-electron chi connectivity index (χ4n) is 1.87. The molecule has 5 heteroatoms. The first-order chi connectivity index (χ1) is 9.80. The van der Waals surface area contributed by atoms with E-state index in [1.807, 2.05) is 12.3 Å². The van der Waals surface area contributed by atoms with Gasteiger partial charge in [-0.15, -0.1) is 0 Å². The number of nitriles is 1. The molecular formula is C15H24N4O. The van der Waals surface area contributed by atoms with Crippen molar-refractivity contribution in [2.75, 3.05) is 38.7 Å². The predicted molar refractivity (Wildman–Crippen MR) is 80.4 cm³/mol. The van der Waals surface area contributed by atoms with E-state index >= 15 is 0 Å². The van der Waals surface area contributed by atoms with E-state index in [0.29, 0.717) is 13.0 Å². The maximum Gasteiger partial charge on any atom is 0.0635 e. The summed E-state index contributed by atoms with van der Waals surface area (Å²) in [6.45, 7) is 6.07. The molecule has 0 amide bonds. The number of hydrogen-bond acceptors (Lipinski definition) is 5. The molecule has 0 unspecified atom stereocenters. The Morgan fingerprint density at radius 1 is 1.45 bits per heavy atom. The van der Waals surface area contributed by atoms with E-state index in [4.69, 9.17) is 10.00 Å². The molecule has 1 heterocycles. The van der Waals surface area contributed by atoms with Crippen molar-refractivity contribution in [1.29, 1.82) is 5.26 Å². The Bertz CT molecular complexity index is 417. The Kier molecular flexibility index (Phi) is 8.36. The molecule has 1 aromatic heterocycles. The first kappa shape index (κ1) is 16.4. The van der Waals surface area contributed by atoms with Crippen molar-refractivity contribution in [3.63, 3.8) is 0 Å². The van der Waals surface area contributed by atoms with Crippen molar-refractivity contribution in [1.82, 2.24) is 9.88 Å². The van der Waals surface area contributed by atoms with E-state index in [9.17, 15) is 0 Å². The molecule has 0 aliphatic carbocycles. The summed E-state index contributed by atoms with van der Waals surface area (Å²) in [4.78, 5) is 6.59. The van der Waals surface area contributed by atoms with Crippen LogP contribution in [0.4, 0.5) is 5.69 Å². The summed E-state index contributed by atoms with van der Waals surface area (Å²) in [5.74, 6) is 0. The average molecular weight is 276 g/mol. The highest BCUT2D eigenvalue weighted by molar-refractivity contribution is 5.43. The third-order valence-electron chi connectivity index (χ3n) is 2.93. The van der Waals surface area contributed by atoms with Crippen LogP contribution in [0.3, 0.4) is 0 Å². The third kappa shape index (κ3) is 6.50. The highest BCUT2D eigenvalue weighted by Gasteiger charge is 2.07. The minimum Gasteiger partial charge on any atom is -0.385 e. The zero-order valence-corrected chi connectivity index (χ0v) is 12.4. The topological polar surface area (TPSA) is 61.2 Å². The molecule has 110 valence electrons. The number of ether oxygens (including phenoxy) is 1. The van der Waals surface area contributed by atoms with Gasteiger partial charge in [0.05, 0.1) is 18.4 Å². The van der Waals surface area contributed by atoms with Gasteiger partial charge in [0.2, 0.25) is 0 Å².